The standard InChI is InChI=1S/C25H26ClN5OS/c1-25(2,3)21-13-20(31(30-21)14-16-9-5-4-6-10-16)23(32)29-24-28-19(15-33-24)22(27)17-11-7-8-12-18(17)26/h4-13,15,22H,14,27H2,1-3H3,(H,28,29,32). The number of aromatic nitrogens is 3. The molecule has 0 bridgehead atoms. The van der Waals surface area contributed by atoms with Crippen LogP contribution in [0.2, 0.25) is 5.02 Å². The Morgan fingerprint density at radius 1 is 1.15 bits per heavy atom. The van der Waals surface area contributed by atoms with Crippen molar-refractivity contribution in [3.8, 4) is 0 Å². The molecule has 170 valence electrons. The second kappa shape index (κ2) is 9.47. The van der Waals surface area contributed by atoms with E-state index in [9.17, 15) is 4.79 Å². The molecule has 2 aromatic carbocycles. The molecule has 0 saturated heterocycles. The molecule has 0 radical (unpaired) electrons. The minimum Gasteiger partial charge on any atom is -0.319 e. The van der Waals surface area contributed by atoms with Crippen LogP contribution >= 0.6 is 22.9 Å². The topological polar surface area (TPSA) is 85.8 Å². The quantitative estimate of drug-likeness (QED) is 0.374. The average molecular weight is 480 g/mol. The molecule has 2 aromatic heterocycles. The fourth-order valence-corrected chi connectivity index (χ4v) is 4.37. The van der Waals surface area contributed by atoms with Crippen LogP contribution in [0, 0.1) is 0 Å². The number of nitrogens with two attached hydrogens (primary N) is 1. The van der Waals surface area contributed by atoms with Gasteiger partial charge >= 0.3 is 0 Å². The van der Waals surface area contributed by atoms with Crippen LogP contribution < -0.4 is 11.1 Å². The summed E-state index contributed by atoms with van der Waals surface area (Å²) in [4.78, 5) is 17.7. The second-order valence-electron chi connectivity index (χ2n) is 8.84. The van der Waals surface area contributed by atoms with Gasteiger partial charge in [-0.3, -0.25) is 14.8 Å². The fraction of sp³-hybridized carbons (Fsp3) is 0.240. The second-order valence-corrected chi connectivity index (χ2v) is 10.1. The Morgan fingerprint density at radius 2 is 1.85 bits per heavy atom. The molecule has 0 aliphatic rings. The molecule has 0 aliphatic carbocycles. The van der Waals surface area contributed by atoms with E-state index in [1.165, 1.54) is 11.3 Å². The zero-order chi connectivity index (χ0) is 23.6. The molecule has 6 nitrogen and oxygen atoms in total. The maximum atomic E-state index is 13.2. The van der Waals surface area contributed by atoms with Crippen molar-refractivity contribution in [1.29, 1.82) is 0 Å². The first-order chi connectivity index (χ1) is 15.7. The van der Waals surface area contributed by atoms with Gasteiger partial charge in [-0.15, -0.1) is 11.3 Å². The van der Waals surface area contributed by atoms with Crippen molar-refractivity contribution in [3.63, 3.8) is 0 Å². The summed E-state index contributed by atoms with van der Waals surface area (Å²) in [5.41, 5.74) is 10.0. The Morgan fingerprint density at radius 3 is 2.55 bits per heavy atom. The maximum absolute atomic E-state index is 13.2. The first kappa shape index (κ1) is 23.2. The summed E-state index contributed by atoms with van der Waals surface area (Å²) in [6.45, 7) is 6.73. The van der Waals surface area contributed by atoms with Crippen LogP contribution in [-0.4, -0.2) is 20.7 Å². The van der Waals surface area contributed by atoms with Crippen molar-refractivity contribution in [3.05, 3.63) is 99.3 Å². The summed E-state index contributed by atoms with van der Waals surface area (Å²) in [7, 11) is 0. The van der Waals surface area contributed by atoms with E-state index in [4.69, 9.17) is 22.4 Å². The Labute approximate surface area is 202 Å². The zero-order valence-corrected chi connectivity index (χ0v) is 20.3. The molecule has 0 fully saturated rings. The van der Waals surface area contributed by atoms with Crippen molar-refractivity contribution < 1.29 is 4.79 Å². The van der Waals surface area contributed by atoms with E-state index in [1.54, 1.807) is 10.7 Å². The largest absolute Gasteiger partial charge is 0.319 e. The molecule has 1 atom stereocenters. The van der Waals surface area contributed by atoms with Crippen molar-refractivity contribution in [1.82, 2.24) is 14.8 Å². The molecule has 3 N–H and O–H groups in total. The van der Waals surface area contributed by atoms with Gasteiger partial charge < -0.3 is 5.73 Å². The SMILES string of the molecule is CC(C)(C)c1cc(C(=O)Nc2nc(C(N)c3ccccc3Cl)cs2)n(Cc2ccccc2)n1. The molecule has 4 rings (SSSR count). The highest BCUT2D eigenvalue weighted by atomic mass is 35.5. The number of thiazole rings is 1. The number of halogens is 1. The zero-order valence-electron chi connectivity index (χ0n) is 18.7. The van der Waals surface area contributed by atoms with Crippen LogP contribution in [0.15, 0.2) is 66.0 Å². The molecule has 1 unspecified atom stereocenters. The van der Waals surface area contributed by atoms with Crippen LogP contribution in [0.3, 0.4) is 0 Å². The van der Waals surface area contributed by atoms with E-state index in [-0.39, 0.29) is 11.3 Å². The van der Waals surface area contributed by atoms with Gasteiger partial charge in [0.2, 0.25) is 0 Å². The van der Waals surface area contributed by atoms with Gasteiger partial charge in [0.1, 0.15) is 5.69 Å². The average Bonchev–Trinajstić information content (AvgIpc) is 3.42. The van der Waals surface area contributed by atoms with Gasteiger partial charge in [0.25, 0.3) is 5.91 Å². The summed E-state index contributed by atoms with van der Waals surface area (Å²) < 4.78 is 1.75. The number of rotatable bonds is 6. The van der Waals surface area contributed by atoms with Crippen LogP contribution in [0.1, 0.15) is 59.8 Å². The van der Waals surface area contributed by atoms with Gasteiger partial charge in [-0.25, -0.2) is 4.98 Å². The Hall–Kier alpha value is -3.00. The van der Waals surface area contributed by atoms with Gasteiger partial charge in [0.15, 0.2) is 5.13 Å². The third kappa shape index (κ3) is 5.33. The Bertz CT molecular complexity index is 1260. The minimum atomic E-state index is -0.475. The van der Waals surface area contributed by atoms with Crippen LogP contribution in [-0.2, 0) is 12.0 Å². The molecule has 33 heavy (non-hydrogen) atoms. The van der Waals surface area contributed by atoms with E-state index in [2.05, 4.69) is 31.1 Å². The van der Waals surface area contributed by atoms with E-state index in [1.807, 2.05) is 60.0 Å². The highest BCUT2D eigenvalue weighted by Crippen LogP contribution is 2.29. The number of hydrogen-bond acceptors (Lipinski definition) is 5. The Balaban J connectivity index is 1.57. The number of amides is 1. The number of nitrogens with zero attached hydrogens (tertiary/aromatic N) is 3. The lowest BCUT2D eigenvalue weighted by Crippen LogP contribution is -2.19. The summed E-state index contributed by atoms with van der Waals surface area (Å²) >= 11 is 7.61. The number of nitrogens with one attached hydrogen (secondary N) is 1. The highest BCUT2D eigenvalue weighted by molar-refractivity contribution is 7.14. The predicted molar refractivity (Wildman–Crippen MR) is 134 cm³/mol. The van der Waals surface area contributed by atoms with E-state index in [0.717, 1.165) is 16.8 Å². The van der Waals surface area contributed by atoms with Gasteiger partial charge in [0, 0.05) is 15.8 Å². The van der Waals surface area contributed by atoms with Crippen LogP contribution in [0.4, 0.5) is 5.13 Å². The summed E-state index contributed by atoms with van der Waals surface area (Å²) in [5, 5.41) is 10.5. The molecule has 2 heterocycles. The lowest BCUT2D eigenvalue weighted by molar-refractivity contribution is 0.101. The highest BCUT2D eigenvalue weighted by Gasteiger charge is 2.24. The fourth-order valence-electron chi connectivity index (χ4n) is 3.38. The van der Waals surface area contributed by atoms with Crippen molar-refractivity contribution >= 4 is 34.0 Å². The summed E-state index contributed by atoms with van der Waals surface area (Å²) in [6.07, 6.45) is 0. The molecule has 1 amide bonds. The molecule has 4 aromatic rings. The molecular weight excluding hydrogens is 454 g/mol. The van der Waals surface area contributed by atoms with E-state index in [0.29, 0.717) is 28.1 Å². The predicted octanol–water partition coefficient (Wildman–Crippen LogP) is 5.64. The van der Waals surface area contributed by atoms with Gasteiger partial charge in [0.05, 0.1) is 24.0 Å². The van der Waals surface area contributed by atoms with Gasteiger partial charge in [-0.1, -0.05) is 80.9 Å². The number of carbonyl (C=O) groups excluding carboxylic acids is 1. The number of anilines is 1. The number of carbonyl (C=O) groups is 1. The van der Waals surface area contributed by atoms with Crippen molar-refractivity contribution in [2.45, 2.75) is 38.8 Å². The Kier molecular flexibility index (Phi) is 6.65. The minimum absolute atomic E-state index is 0.187. The lowest BCUT2D eigenvalue weighted by atomic mass is 9.92. The maximum Gasteiger partial charge on any atom is 0.275 e. The smallest absolute Gasteiger partial charge is 0.275 e. The van der Waals surface area contributed by atoms with E-state index >= 15 is 0 Å². The van der Waals surface area contributed by atoms with Crippen molar-refractivity contribution in [2.75, 3.05) is 5.32 Å². The molecule has 0 saturated carbocycles. The molecular formula is C25H26ClN5OS. The van der Waals surface area contributed by atoms with Gasteiger partial charge in [-0.05, 0) is 23.3 Å². The molecule has 0 spiro atoms. The van der Waals surface area contributed by atoms with Crippen LogP contribution in [0.25, 0.3) is 0 Å². The molecule has 8 heteroatoms. The van der Waals surface area contributed by atoms with Gasteiger partial charge in [-0.2, -0.15) is 5.10 Å². The first-order valence-electron chi connectivity index (χ1n) is 10.6. The number of hydrogen-bond donors (Lipinski definition) is 2. The monoisotopic (exact) mass is 479 g/mol. The van der Waals surface area contributed by atoms with Crippen LogP contribution in [0.5, 0.6) is 0 Å². The number of benzene rings is 2. The third-order valence-electron chi connectivity index (χ3n) is 5.26. The molecule has 0 aliphatic heterocycles. The summed E-state index contributed by atoms with van der Waals surface area (Å²) in [5.74, 6) is -0.263. The lowest BCUT2D eigenvalue weighted by Gasteiger charge is -2.14. The first-order valence-corrected chi connectivity index (χ1v) is 11.9. The summed E-state index contributed by atoms with van der Waals surface area (Å²) in [6, 6.07) is 18.7. The third-order valence-corrected chi connectivity index (χ3v) is 6.38. The normalized spacial score (nSPS) is 12.5. The van der Waals surface area contributed by atoms with Crippen molar-refractivity contribution in [2.24, 2.45) is 5.73 Å². The van der Waals surface area contributed by atoms with E-state index < -0.39 is 6.04 Å².